The zero-order valence-corrected chi connectivity index (χ0v) is 26.1. The number of nitrogens with zero attached hydrogens (tertiary/aromatic N) is 5. The minimum Gasteiger partial charge on any atom is -0.530 e. The lowest BCUT2D eigenvalue weighted by molar-refractivity contribution is -0.247. The summed E-state index contributed by atoms with van der Waals surface area (Å²) in [5.41, 5.74) is 3.46. The molecule has 12 heteroatoms. The molecule has 45 heavy (non-hydrogen) atoms. The number of hydrogen-bond acceptors (Lipinski definition) is 7. The number of anilines is 4. The van der Waals surface area contributed by atoms with Gasteiger partial charge in [-0.1, -0.05) is 29.3 Å². The first-order chi connectivity index (χ1) is 21.3. The van der Waals surface area contributed by atoms with Crippen molar-refractivity contribution in [3.05, 3.63) is 105 Å². The Kier molecular flexibility index (Phi) is 9.22. The molecular weight excluding hydrogens is 605 g/mol. The molecule has 4 aromatic rings. The van der Waals surface area contributed by atoms with Crippen LogP contribution in [0, 0.1) is 20.8 Å². The van der Waals surface area contributed by atoms with E-state index in [0.717, 1.165) is 60.5 Å². The lowest BCUT2D eigenvalue weighted by atomic mass is 9.88. The predicted octanol–water partition coefficient (Wildman–Crippen LogP) is 6.51. The third-order valence-electron chi connectivity index (χ3n) is 7.96. The highest BCUT2D eigenvalue weighted by Gasteiger charge is 2.35. The number of carbonyl (C=O) groups excluding carboxylic acids is 1. The van der Waals surface area contributed by atoms with Crippen molar-refractivity contribution >= 4 is 40.8 Å². The topological polar surface area (TPSA) is 87.7 Å². The third-order valence-corrected chi connectivity index (χ3v) is 8.31. The molecule has 2 heterocycles. The molecule has 3 aromatic carbocycles. The van der Waals surface area contributed by atoms with Gasteiger partial charge < -0.3 is 29.9 Å². The number of hydrogen-bond donors (Lipinski definition) is 1. The number of likely N-dealkylation sites (N-methyl/N-ethyl adjacent to an activating group) is 1. The molecule has 1 atom stereocenters. The lowest BCUT2D eigenvalue weighted by Gasteiger charge is -2.36. The Morgan fingerprint density at radius 1 is 0.978 bits per heavy atom. The van der Waals surface area contributed by atoms with Crippen molar-refractivity contribution in [3.63, 3.8) is 0 Å². The van der Waals surface area contributed by atoms with E-state index in [4.69, 9.17) is 11.6 Å². The Balaban J connectivity index is 1.55. The molecule has 1 amide bonds. The van der Waals surface area contributed by atoms with Crippen LogP contribution in [-0.4, -0.2) is 54.2 Å². The molecule has 1 unspecified atom stereocenters. The van der Waals surface area contributed by atoms with Crippen molar-refractivity contribution < 1.29 is 23.1 Å². The maximum atomic E-state index is 13.8. The van der Waals surface area contributed by atoms with E-state index in [9.17, 15) is 23.1 Å². The molecule has 1 saturated heterocycles. The van der Waals surface area contributed by atoms with Crippen LogP contribution in [0.15, 0.2) is 66.9 Å². The number of alkyl halides is 3. The fourth-order valence-corrected chi connectivity index (χ4v) is 6.02. The summed E-state index contributed by atoms with van der Waals surface area (Å²) in [5, 5.41) is 16.0. The smallest absolute Gasteiger partial charge is 0.416 e. The number of rotatable bonds is 7. The summed E-state index contributed by atoms with van der Waals surface area (Å²) in [6, 6.07) is 14.3. The van der Waals surface area contributed by atoms with E-state index >= 15 is 0 Å². The Labute approximate surface area is 265 Å². The average molecular weight is 638 g/mol. The molecule has 1 N–H and O–H groups in total. The second kappa shape index (κ2) is 12.9. The van der Waals surface area contributed by atoms with Crippen molar-refractivity contribution in [1.29, 1.82) is 0 Å². The maximum Gasteiger partial charge on any atom is 0.416 e. The molecule has 1 aromatic heterocycles. The van der Waals surface area contributed by atoms with E-state index in [0.29, 0.717) is 22.4 Å². The van der Waals surface area contributed by atoms with Gasteiger partial charge in [-0.25, -0.2) is 4.98 Å². The van der Waals surface area contributed by atoms with Gasteiger partial charge in [-0.2, -0.15) is 18.2 Å². The summed E-state index contributed by atoms with van der Waals surface area (Å²) in [6.07, 6.45) is -4.98. The molecule has 0 saturated carbocycles. The van der Waals surface area contributed by atoms with E-state index in [1.807, 2.05) is 43.3 Å². The van der Waals surface area contributed by atoms with Gasteiger partial charge in [0.1, 0.15) is 11.9 Å². The largest absolute Gasteiger partial charge is 0.530 e. The van der Waals surface area contributed by atoms with E-state index < -0.39 is 23.9 Å². The molecule has 0 radical (unpaired) electrons. The van der Waals surface area contributed by atoms with Gasteiger partial charge in [0.25, 0.3) is 0 Å². The number of nitrogens with one attached hydrogen (secondary N) is 1. The van der Waals surface area contributed by atoms with Crippen molar-refractivity contribution in [2.45, 2.75) is 33.0 Å². The van der Waals surface area contributed by atoms with Crippen molar-refractivity contribution in [2.75, 3.05) is 48.3 Å². The van der Waals surface area contributed by atoms with Crippen molar-refractivity contribution in [3.8, 4) is 0 Å². The highest BCUT2D eigenvalue weighted by molar-refractivity contribution is 6.31. The molecule has 1 aliphatic heterocycles. The van der Waals surface area contributed by atoms with Gasteiger partial charge in [0, 0.05) is 48.8 Å². The molecule has 1 aliphatic rings. The molecule has 0 spiro atoms. The first kappa shape index (κ1) is 32.1. The number of benzene rings is 3. The predicted molar refractivity (Wildman–Crippen MR) is 168 cm³/mol. The highest BCUT2D eigenvalue weighted by atomic mass is 35.5. The molecule has 8 nitrogen and oxygen atoms in total. The number of carbonyl (C=O) groups is 1. The number of aryl methyl sites for hydroxylation is 3. The zero-order chi connectivity index (χ0) is 32.5. The summed E-state index contributed by atoms with van der Waals surface area (Å²) in [7, 11) is 2.10. The van der Waals surface area contributed by atoms with Crippen LogP contribution in [0.3, 0.4) is 0 Å². The number of aromatic nitrogens is 2. The molecule has 236 valence electrons. The van der Waals surface area contributed by atoms with Gasteiger partial charge in [0.15, 0.2) is 0 Å². The van der Waals surface area contributed by atoms with Crippen LogP contribution in [0.2, 0.25) is 5.02 Å². The lowest BCUT2D eigenvalue weighted by Crippen LogP contribution is -2.45. The number of amides is 1. The van der Waals surface area contributed by atoms with Gasteiger partial charge in [-0.15, -0.1) is 0 Å². The van der Waals surface area contributed by atoms with Crippen LogP contribution >= 0.6 is 11.6 Å². The summed E-state index contributed by atoms with van der Waals surface area (Å²) in [5.74, 6) is -0.00301. The third kappa shape index (κ3) is 7.15. The van der Waals surface area contributed by atoms with Gasteiger partial charge >= 0.3 is 6.18 Å². The summed E-state index contributed by atoms with van der Waals surface area (Å²) < 4.78 is 41.5. The van der Waals surface area contributed by atoms with Crippen molar-refractivity contribution in [2.24, 2.45) is 0 Å². The van der Waals surface area contributed by atoms with Crippen molar-refractivity contribution in [1.82, 2.24) is 14.9 Å². The Morgan fingerprint density at radius 3 is 2.22 bits per heavy atom. The highest BCUT2D eigenvalue weighted by Crippen LogP contribution is 2.42. The first-order valence-electron chi connectivity index (χ1n) is 14.4. The summed E-state index contributed by atoms with van der Waals surface area (Å²) in [6.45, 7) is 9.22. The Morgan fingerprint density at radius 2 is 1.62 bits per heavy atom. The van der Waals surface area contributed by atoms with E-state index in [-0.39, 0.29) is 22.4 Å². The van der Waals surface area contributed by atoms with Crippen LogP contribution in [0.1, 0.15) is 39.4 Å². The van der Waals surface area contributed by atoms with Gasteiger partial charge in [0.2, 0.25) is 5.95 Å². The first-order valence-corrected chi connectivity index (χ1v) is 14.8. The van der Waals surface area contributed by atoms with E-state index in [2.05, 4.69) is 32.1 Å². The van der Waals surface area contributed by atoms with Crippen LogP contribution in [0.25, 0.3) is 0 Å². The average Bonchev–Trinajstić information content (AvgIpc) is 2.97. The van der Waals surface area contributed by atoms with Gasteiger partial charge in [-0.3, -0.25) is 0 Å². The van der Waals surface area contributed by atoms with E-state index in [1.165, 1.54) is 12.3 Å². The van der Waals surface area contributed by atoms with E-state index in [1.54, 1.807) is 13.8 Å². The Bertz CT molecular complexity index is 1670. The van der Waals surface area contributed by atoms with Crippen LogP contribution in [0.4, 0.5) is 41.1 Å². The second-order valence-electron chi connectivity index (χ2n) is 11.3. The quantitative estimate of drug-likeness (QED) is 0.247. The SMILES string of the molecule is Cc1cc(C)c(C(c2cc(C(F)(F)F)ccc2Cl)N(C(=O)[O-])c2ccnc(Nc3ccc(N4CCN(C)CC4)cc3)n2)c(C)c1. The fourth-order valence-electron chi connectivity index (χ4n) is 5.80. The van der Waals surface area contributed by atoms with Crippen LogP contribution in [0.5, 0.6) is 0 Å². The monoisotopic (exact) mass is 637 g/mol. The molecular formula is C33H33ClF3N6O2-. The minimum atomic E-state index is -4.68. The summed E-state index contributed by atoms with van der Waals surface area (Å²) in [4.78, 5) is 27.0. The molecule has 0 bridgehead atoms. The van der Waals surface area contributed by atoms with Gasteiger partial charge in [-0.05, 0) is 98.6 Å². The minimum absolute atomic E-state index is 0.0357. The van der Waals surface area contributed by atoms with Gasteiger partial charge in [0.05, 0.1) is 11.6 Å². The van der Waals surface area contributed by atoms with Crippen LogP contribution in [-0.2, 0) is 6.18 Å². The number of halogens is 4. The number of carboxylic acid groups (broad SMARTS) is 1. The molecule has 5 rings (SSSR count). The maximum absolute atomic E-state index is 13.8. The normalized spacial score (nSPS) is 14.7. The fraction of sp³-hybridized carbons (Fsp3) is 0.303. The molecule has 1 fully saturated rings. The second-order valence-corrected chi connectivity index (χ2v) is 11.7. The summed E-state index contributed by atoms with van der Waals surface area (Å²) >= 11 is 6.52. The zero-order valence-electron chi connectivity index (χ0n) is 25.3. The molecule has 0 aliphatic carbocycles. The van der Waals surface area contributed by atoms with Crippen LogP contribution < -0.4 is 20.2 Å². The standard InChI is InChI=1S/C33H34ClF3N6O2/c1-20-17-21(2)29(22(3)18-20)30(26-19-23(33(35,36)37)5-10-27(26)34)43(32(44)45)28-11-12-38-31(40-28)39-24-6-8-25(9-7-24)42-15-13-41(4)14-16-42/h5-12,17-19,30H,13-16H2,1-4H3,(H,44,45)(H,38,39,40)/p-1. The Hall–Kier alpha value is -4.35. The number of piperazine rings is 1.